The van der Waals surface area contributed by atoms with Crippen molar-refractivity contribution in [3.8, 4) is 11.8 Å². The van der Waals surface area contributed by atoms with Crippen LogP contribution in [-0.4, -0.2) is 51.5 Å². The molecule has 0 bridgehead atoms. The normalized spacial score (nSPS) is 13.0. The molecule has 2 aromatic rings. The van der Waals surface area contributed by atoms with Gasteiger partial charge in [0.25, 0.3) is 0 Å². The number of ether oxygens (including phenoxy) is 2. The minimum Gasteiger partial charge on any atom is -0.481 e. The highest BCUT2D eigenvalue weighted by molar-refractivity contribution is 7.83. The minimum absolute atomic E-state index is 0.0276. The second kappa shape index (κ2) is 12.9. The first-order valence-corrected chi connectivity index (χ1v) is 11.8. The van der Waals surface area contributed by atoms with Crippen molar-refractivity contribution in [1.82, 2.24) is 15.4 Å². The molecule has 0 fully saturated rings. The monoisotopic (exact) mass is 499 g/mol. The molecule has 0 saturated heterocycles. The van der Waals surface area contributed by atoms with Crippen LogP contribution < -0.4 is 20.3 Å². The first-order chi connectivity index (χ1) is 15.8. The lowest BCUT2D eigenvalue weighted by Crippen LogP contribution is -2.30. The minimum atomic E-state index is -2.24. The molecule has 1 heterocycles. The average molecular weight is 500 g/mol. The van der Waals surface area contributed by atoms with Gasteiger partial charge in [0, 0.05) is 6.21 Å². The Hall–Kier alpha value is -2.94. The number of amides is 2. The lowest BCUT2D eigenvalue weighted by Gasteiger charge is -2.11. The molecule has 0 aliphatic heterocycles. The summed E-state index contributed by atoms with van der Waals surface area (Å²) in [6.07, 6.45) is 1.70. The highest BCUT2D eigenvalue weighted by Gasteiger charge is 2.19. The number of hydroxylamine groups is 1. The van der Waals surface area contributed by atoms with Gasteiger partial charge in [-0.2, -0.15) is 14.3 Å². The summed E-state index contributed by atoms with van der Waals surface area (Å²) in [5.41, 5.74) is 2.45. The molecule has 0 aliphatic carbocycles. The number of aliphatic imine (C=N–C) groups is 1. The molecule has 180 valence electrons. The number of benzene rings is 1. The Morgan fingerprint density at radius 2 is 1.76 bits per heavy atom. The maximum Gasteiger partial charge on any atom is 0.346 e. The van der Waals surface area contributed by atoms with E-state index in [2.05, 4.69) is 20.3 Å². The number of aromatic nitrogens is 2. The van der Waals surface area contributed by atoms with Gasteiger partial charge in [-0.3, -0.25) is 14.5 Å². The van der Waals surface area contributed by atoms with Crippen LogP contribution in [0.3, 0.4) is 0 Å². The number of carbonyl (C=O) groups excluding carboxylic acids is 1. The van der Waals surface area contributed by atoms with Crippen molar-refractivity contribution >= 4 is 46.0 Å². The van der Waals surface area contributed by atoms with Gasteiger partial charge in [0.1, 0.15) is 0 Å². The zero-order valence-electron chi connectivity index (χ0n) is 18.7. The Labute approximate surface area is 196 Å². The molecule has 0 radical (unpaired) electrons. The summed E-state index contributed by atoms with van der Waals surface area (Å²) >= 11 is -4.13. The van der Waals surface area contributed by atoms with Crippen LogP contribution in [0, 0.1) is 5.92 Å². The molecule has 1 aromatic carbocycles. The number of rotatable bonds is 11. The molecule has 33 heavy (non-hydrogen) atoms. The van der Waals surface area contributed by atoms with Crippen LogP contribution in [0.15, 0.2) is 39.0 Å². The lowest BCUT2D eigenvalue weighted by atomic mass is 10.2. The number of hydrogen-bond acceptors (Lipinski definition) is 10. The number of nitrogens with one attached hydrogen (secondary N) is 2. The second-order valence-corrected chi connectivity index (χ2v) is 8.67. The van der Waals surface area contributed by atoms with Crippen LogP contribution in [0.5, 0.6) is 11.8 Å². The van der Waals surface area contributed by atoms with E-state index in [0.29, 0.717) is 5.69 Å². The molecular weight excluding hydrogens is 474 g/mol. The fourth-order valence-electron chi connectivity index (χ4n) is 2.17. The van der Waals surface area contributed by atoms with Crippen molar-refractivity contribution in [1.29, 1.82) is 0 Å². The van der Waals surface area contributed by atoms with E-state index in [9.17, 15) is 13.2 Å². The first-order valence-electron chi connectivity index (χ1n) is 9.63. The van der Waals surface area contributed by atoms with Gasteiger partial charge in [-0.15, -0.1) is 0 Å². The Bertz CT molecular complexity index is 1030. The predicted molar refractivity (Wildman–Crippen MR) is 122 cm³/mol. The topological polar surface area (TPSA) is 150 Å². The number of carbonyl (C=O) groups is 1. The molecule has 1 aromatic heterocycles. The SMILES string of the molecule is CCOS(=O)c1ccc(N=CC(C)C)cc1S(=O)ONC(=O)Nc1nc(OC)cc(OC)n1. The van der Waals surface area contributed by atoms with Gasteiger partial charge in [0.15, 0.2) is 11.1 Å². The van der Waals surface area contributed by atoms with E-state index < -0.39 is 28.2 Å². The van der Waals surface area contributed by atoms with E-state index >= 15 is 0 Å². The van der Waals surface area contributed by atoms with Crippen LogP contribution in [0.1, 0.15) is 20.8 Å². The highest BCUT2D eigenvalue weighted by Crippen LogP contribution is 2.25. The molecule has 2 unspecified atom stereocenters. The Morgan fingerprint density at radius 3 is 2.33 bits per heavy atom. The summed E-state index contributed by atoms with van der Waals surface area (Å²) in [5.74, 6) is 0.364. The van der Waals surface area contributed by atoms with Gasteiger partial charge >= 0.3 is 6.03 Å². The largest absolute Gasteiger partial charge is 0.481 e. The van der Waals surface area contributed by atoms with Gasteiger partial charge in [0.05, 0.1) is 42.4 Å². The van der Waals surface area contributed by atoms with Gasteiger partial charge in [-0.25, -0.2) is 18.7 Å². The molecule has 0 aliphatic rings. The molecular formula is C19H25N5O7S2. The standard InChI is InChI=1S/C19H25N5O7S2/c1-6-30-32(26)14-8-7-13(20-11-12(2)3)9-15(14)33(27)31-24-19(25)23-18-21-16(28-4)10-17(22-18)29-5/h7-12H,6H2,1-5H3,(H2,21,22,23,24,25). The third kappa shape index (κ3) is 8.16. The van der Waals surface area contributed by atoms with Crippen LogP contribution >= 0.6 is 0 Å². The third-order valence-electron chi connectivity index (χ3n) is 3.57. The summed E-state index contributed by atoms with van der Waals surface area (Å²) in [5, 5.41) is 2.30. The fraction of sp³-hybridized carbons (Fsp3) is 0.368. The number of urea groups is 1. The molecule has 2 amide bonds. The third-order valence-corrected chi connectivity index (χ3v) is 5.79. The second-order valence-electron chi connectivity index (χ2n) is 6.44. The van der Waals surface area contributed by atoms with Crippen LogP contribution in [0.2, 0.25) is 0 Å². The first kappa shape index (κ1) is 26.3. The summed E-state index contributed by atoms with van der Waals surface area (Å²) < 4.78 is 45.2. The van der Waals surface area contributed by atoms with E-state index in [1.807, 2.05) is 19.3 Å². The Balaban J connectivity index is 2.16. The van der Waals surface area contributed by atoms with E-state index in [-0.39, 0.29) is 40.0 Å². The molecule has 14 heteroatoms. The fourth-order valence-corrected chi connectivity index (χ4v) is 4.01. The molecule has 2 N–H and O–H groups in total. The predicted octanol–water partition coefficient (Wildman–Crippen LogP) is 2.69. The van der Waals surface area contributed by atoms with Crippen LogP contribution in [0.25, 0.3) is 0 Å². The van der Waals surface area contributed by atoms with Crippen molar-refractivity contribution in [3.05, 3.63) is 24.3 Å². The zero-order valence-corrected chi connectivity index (χ0v) is 20.3. The van der Waals surface area contributed by atoms with E-state index in [4.69, 9.17) is 17.9 Å². The lowest BCUT2D eigenvalue weighted by molar-refractivity contribution is 0.200. The number of methoxy groups -OCH3 is 2. The molecule has 0 saturated carbocycles. The van der Waals surface area contributed by atoms with E-state index in [1.165, 1.54) is 32.4 Å². The van der Waals surface area contributed by atoms with E-state index in [1.54, 1.807) is 19.2 Å². The van der Waals surface area contributed by atoms with Crippen molar-refractivity contribution in [3.63, 3.8) is 0 Å². The van der Waals surface area contributed by atoms with Gasteiger partial charge in [0.2, 0.25) is 28.8 Å². The summed E-state index contributed by atoms with van der Waals surface area (Å²) in [7, 11) is 2.78. The summed E-state index contributed by atoms with van der Waals surface area (Å²) in [6, 6.07) is 5.03. The highest BCUT2D eigenvalue weighted by atomic mass is 32.2. The van der Waals surface area contributed by atoms with Gasteiger partial charge < -0.3 is 9.47 Å². The van der Waals surface area contributed by atoms with Crippen LogP contribution in [-0.2, 0) is 30.6 Å². The number of hydrogen-bond donors (Lipinski definition) is 2. The molecule has 2 atom stereocenters. The molecule has 0 spiro atoms. The summed E-state index contributed by atoms with van der Waals surface area (Å²) in [6.45, 7) is 5.76. The van der Waals surface area contributed by atoms with Crippen LogP contribution in [0.4, 0.5) is 16.4 Å². The van der Waals surface area contributed by atoms with E-state index in [0.717, 1.165) is 0 Å². The number of nitrogens with zero attached hydrogens (tertiary/aromatic N) is 3. The zero-order chi connectivity index (χ0) is 24.4. The average Bonchev–Trinajstić information content (AvgIpc) is 2.80. The quantitative estimate of drug-likeness (QED) is 0.351. The maximum atomic E-state index is 12.8. The van der Waals surface area contributed by atoms with Gasteiger partial charge in [-0.1, -0.05) is 13.8 Å². The van der Waals surface area contributed by atoms with Gasteiger partial charge in [-0.05, 0) is 31.0 Å². The Morgan fingerprint density at radius 1 is 1.09 bits per heavy atom. The molecule has 12 nitrogen and oxygen atoms in total. The van der Waals surface area contributed by atoms with Crippen molar-refractivity contribution in [2.24, 2.45) is 10.9 Å². The maximum absolute atomic E-state index is 12.8. The van der Waals surface area contributed by atoms with Crippen molar-refractivity contribution < 1.29 is 31.2 Å². The molecule has 2 rings (SSSR count). The van der Waals surface area contributed by atoms with Crippen molar-refractivity contribution in [2.75, 3.05) is 26.1 Å². The number of anilines is 1. The smallest absolute Gasteiger partial charge is 0.346 e. The van der Waals surface area contributed by atoms with Crippen molar-refractivity contribution in [2.45, 2.75) is 30.6 Å². The summed E-state index contributed by atoms with van der Waals surface area (Å²) in [4.78, 5) is 24.5. The Kier molecular flexibility index (Phi) is 10.3.